The fraction of sp³-hybridized carbons (Fsp3) is 0.667. The van der Waals surface area contributed by atoms with Crippen LogP contribution in [0.2, 0.25) is 0 Å². The molecular weight excluding hydrogens is 292 g/mol. The Morgan fingerprint density at radius 3 is 2.90 bits per heavy atom. The molecule has 20 heavy (non-hydrogen) atoms. The van der Waals surface area contributed by atoms with Crippen molar-refractivity contribution in [2.24, 2.45) is 17.6 Å². The summed E-state index contributed by atoms with van der Waals surface area (Å²) in [5.74, 6) is 0.964. The van der Waals surface area contributed by atoms with Crippen molar-refractivity contribution in [3.63, 3.8) is 0 Å². The van der Waals surface area contributed by atoms with Gasteiger partial charge in [0.05, 0.1) is 6.04 Å². The highest BCUT2D eigenvalue weighted by atomic mass is 35.5. The summed E-state index contributed by atoms with van der Waals surface area (Å²) >= 11 is 1.77. The highest BCUT2D eigenvalue weighted by molar-refractivity contribution is 7.10. The molecule has 3 atom stereocenters. The van der Waals surface area contributed by atoms with Crippen LogP contribution < -0.4 is 5.73 Å². The van der Waals surface area contributed by atoms with Gasteiger partial charge in [-0.2, -0.15) is 0 Å². The molecule has 0 bridgehead atoms. The summed E-state index contributed by atoms with van der Waals surface area (Å²) in [7, 11) is 0. The zero-order valence-electron chi connectivity index (χ0n) is 11.7. The second kappa shape index (κ2) is 6.92. The summed E-state index contributed by atoms with van der Waals surface area (Å²) in [6.45, 7) is 1.59. The summed E-state index contributed by atoms with van der Waals surface area (Å²) in [5, 5.41) is 2.11. The van der Waals surface area contributed by atoms with Crippen LogP contribution in [0.5, 0.6) is 0 Å². The van der Waals surface area contributed by atoms with E-state index in [0.717, 1.165) is 38.6 Å². The molecule has 1 aromatic rings. The van der Waals surface area contributed by atoms with Crippen LogP contribution in [0, 0.1) is 11.8 Å². The molecule has 0 spiro atoms. The third kappa shape index (κ3) is 2.87. The first-order valence-electron chi connectivity index (χ1n) is 7.35. The third-order valence-corrected chi connectivity index (χ3v) is 5.66. The molecule has 3 rings (SSSR count). The van der Waals surface area contributed by atoms with Crippen LogP contribution in [0.3, 0.4) is 0 Å². The lowest BCUT2D eigenvalue weighted by molar-refractivity contribution is -0.137. The fourth-order valence-corrected chi connectivity index (χ4v) is 4.54. The van der Waals surface area contributed by atoms with E-state index in [0.29, 0.717) is 24.4 Å². The van der Waals surface area contributed by atoms with Gasteiger partial charge < -0.3 is 10.6 Å². The van der Waals surface area contributed by atoms with Gasteiger partial charge in [-0.3, -0.25) is 4.79 Å². The number of rotatable bonds is 3. The van der Waals surface area contributed by atoms with E-state index in [9.17, 15) is 4.79 Å². The van der Waals surface area contributed by atoms with E-state index in [1.807, 2.05) is 0 Å². The number of amides is 1. The smallest absolute Gasteiger partial charge is 0.226 e. The molecule has 1 saturated carbocycles. The number of hydrogen-bond acceptors (Lipinski definition) is 3. The van der Waals surface area contributed by atoms with Gasteiger partial charge >= 0.3 is 0 Å². The molecule has 2 aliphatic rings. The maximum atomic E-state index is 12.8. The van der Waals surface area contributed by atoms with E-state index < -0.39 is 0 Å². The zero-order valence-corrected chi connectivity index (χ0v) is 13.3. The number of nitrogens with zero attached hydrogens (tertiary/aromatic N) is 1. The van der Waals surface area contributed by atoms with Gasteiger partial charge in [0.15, 0.2) is 0 Å². The highest BCUT2D eigenvalue weighted by Gasteiger charge is 2.39. The Hall–Kier alpha value is -0.580. The van der Waals surface area contributed by atoms with Gasteiger partial charge in [-0.05, 0) is 49.6 Å². The van der Waals surface area contributed by atoms with Crippen LogP contribution in [-0.2, 0) is 4.79 Å². The molecular formula is C15H23ClN2OS. The van der Waals surface area contributed by atoms with Crippen molar-refractivity contribution < 1.29 is 4.79 Å². The lowest BCUT2D eigenvalue weighted by atomic mass is 9.94. The molecule has 1 aliphatic heterocycles. The molecule has 1 amide bonds. The number of carbonyl (C=O) groups excluding carboxylic acids is 1. The van der Waals surface area contributed by atoms with Gasteiger partial charge in [-0.1, -0.05) is 12.5 Å². The van der Waals surface area contributed by atoms with E-state index in [1.54, 1.807) is 11.3 Å². The Kier molecular flexibility index (Phi) is 5.47. The van der Waals surface area contributed by atoms with Crippen molar-refractivity contribution in [3.8, 4) is 0 Å². The van der Waals surface area contributed by atoms with Crippen molar-refractivity contribution in [1.29, 1.82) is 0 Å². The number of carbonyl (C=O) groups is 1. The van der Waals surface area contributed by atoms with Crippen LogP contribution in [0.25, 0.3) is 0 Å². The molecule has 2 fully saturated rings. The average molecular weight is 315 g/mol. The van der Waals surface area contributed by atoms with Gasteiger partial charge in [0.25, 0.3) is 0 Å². The standard InChI is InChI=1S/C15H22N2OS.ClH/c16-10-11-4-1-5-12(11)15(18)17-8-2-6-13(17)14-7-3-9-19-14;/h3,7,9,11-13H,1-2,4-6,8,10,16H2;1H/t11-,12-,13?;/m1./s1. The molecule has 1 aromatic heterocycles. The maximum absolute atomic E-state index is 12.8. The van der Waals surface area contributed by atoms with Crippen molar-refractivity contribution >= 4 is 29.7 Å². The molecule has 3 nitrogen and oxygen atoms in total. The lowest BCUT2D eigenvalue weighted by Gasteiger charge is -2.29. The minimum atomic E-state index is 0. The Bertz CT molecular complexity index is 437. The molecule has 0 aromatic carbocycles. The Morgan fingerprint density at radius 2 is 2.20 bits per heavy atom. The van der Waals surface area contributed by atoms with Crippen molar-refractivity contribution in [3.05, 3.63) is 22.4 Å². The molecule has 2 N–H and O–H groups in total. The minimum absolute atomic E-state index is 0. The van der Waals surface area contributed by atoms with Gasteiger partial charge in [0.1, 0.15) is 0 Å². The second-order valence-electron chi connectivity index (χ2n) is 5.74. The summed E-state index contributed by atoms with van der Waals surface area (Å²) in [4.78, 5) is 16.3. The van der Waals surface area contributed by atoms with E-state index in [2.05, 4.69) is 22.4 Å². The second-order valence-corrected chi connectivity index (χ2v) is 6.72. The summed E-state index contributed by atoms with van der Waals surface area (Å²) < 4.78 is 0. The average Bonchev–Trinajstić information content (AvgIpc) is 3.16. The number of nitrogens with two attached hydrogens (primary N) is 1. The van der Waals surface area contributed by atoms with E-state index in [4.69, 9.17) is 5.73 Å². The molecule has 1 unspecified atom stereocenters. The first-order chi connectivity index (χ1) is 9.31. The van der Waals surface area contributed by atoms with Gasteiger partial charge in [0, 0.05) is 17.3 Å². The highest BCUT2D eigenvalue weighted by Crippen LogP contribution is 2.39. The quantitative estimate of drug-likeness (QED) is 0.931. The SMILES string of the molecule is Cl.NC[C@H]1CCC[C@H]1C(=O)N1CCCC1c1cccs1. The maximum Gasteiger partial charge on any atom is 0.226 e. The number of halogens is 1. The van der Waals surface area contributed by atoms with Crippen LogP contribution >= 0.6 is 23.7 Å². The molecule has 1 aliphatic carbocycles. The summed E-state index contributed by atoms with van der Waals surface area (Å²) in [5.41, 5.74) is 5.82. The van der Waals surface area contributed by atoms with E-state index in [-0.39, 0.29) is 18.3 Å². The molecule has 5 heteroatoms. The monoisotopic (exact) mass is 314 g/mol. The third-order valence-electron chi connectivity index (χ3n) is 4.69. The number of hydrogen-bond donors (Lipinski definition) is 1. The predicted octanol–water partition coefficient (Wildman–Crippen LogP) is 3.21. The normalized spacial score (nSPS) is 29.4. The van der Waals surface area contributed by atoms with Crippen LogP contribution in [0.4, 0.5) is 0 Å². The molecule has 1 saturated heterocycles. The van der Waals surface area contributed by atoms with Crippen molar-refractivity contribution in [1.82, 2.24) is 4.90 Å². The van der Waals surface area contributed by atoms with E-state index in [1.165, 1.54) is 4.88 Å². The first kappa shape index (κ1) is 15.8. The Labute approximate surface area is 130 Å². The van der Waals surface area contributed by atoms with Gasteiger partial charge in [-0.25, -0.2) is 0 Å². The minimum Gasteiger partial charge on any atom is -0.335 e. The molecule has 0 radical (unpaired) electrons. The van der Waals surface area contributed by atoms with Crippen LogP contribution in [0.1, 0.15) is 43.0 Å². The van der Waals surface area contributed by atoms with Crippen molar-refractivity contribution in [2.75, 3.05) is 13.1 Å². The zero-order chi connectivity index (χ0) is 13.2. The molecule has 112 valence electrons. The largest absolute Gasteiger partial charge is 0.335 e. The predicted molar refractivity (Wildman–Crippen MR) is 85.1 cm³/mol. The fourth-order valence-electron chi connectivity index (χ4n) is 3.66. The van der Waals surface area contributed by atoms with Crippen molar-refractivity contribution in [2.45, 2.75) is 38.1 Å². The van der Waals surface area contributed by atoms with Crippen LogP contribution in [-0.4, -0.2) is 23.9 Å². The van der Waals surface area contributed by atoms with Gasteiger partial charge in [0.2, 0.25) is 5.91 Å². The van der Waals surface area contributed by atoms with E-state index >= 15 is 0 Å². The Morgan fingerprint density at radius 1 is 1.35 bits per heavy atom. The topological polar surface area (TPSA) is 46.3 Å². The first-order valence-corrected chi connectivity index (χ1v) is 8.23. The summed E-state index contributed by atoms with van der Waals surface area (Å²) in [6.07, 6.45) is 5.58. The molecule has 2 heterocycles. The van der Waals surface area contributed by atoms with Crippen LogP contribution in [0.15, 0.2) is 17.5 Å². The Balaban J connectivity index is 0.00000147. The number of thiophene rings is 1. The lowest BCUT2D eigenvalue weighted by Crippen LogP contribution is -2.38. The van der Waals surface area contributed by atoms with Gasteiger partial charge in [-0.15, -0.1) is 23.7 Å². The summed E-state index contributed by atoms with van der Waals surface area (Å²) in [6, 6.07) is 4.57. The number of likely N-dealkylation sites (tertiary alicyclic amines) is 1.